The van der Waals surface area contributed by atoms with Gasteiger partial charge in [-0.1, -0.05) is 40.2 Å². The van der Waals surface area contributed by atoms with Gasteiger partial charge in [0, 0.05) is 4.47 Å². The lowest BCUT2D eigenvalue weighted by Crippen LogP contribution is -2.18. The number of nitrogens with zero attached hydrogens (tertiary/aromatic N) is 1. The highest BCUT2D eigenvalue weighted by atomic mass is 79.9. The molecule has 5 heteroatoms. The number of amides is 1. The molecule has 0 fully saturated rings. The number of methoxy groups -OCH3 is 1. The highest BCUT2D eigenvalue weighted by Gasteiger charge is 2.09. The lowest BCUT2D eigenvalue weighted by atomic mass is 10.2. The molecule has 0 heterocycles. The van der Waals surface area contributed by atoms with E-state index in [1.165, 1.54) is 7.11 Å². The van der Waals surface area contributed by atoms with Crippen molar-refractivity contribution in [2.24, 2.45) is 5.10 Å². The molecule has 0 atom stereocenters. The van der Waals surface area contributed by atoms with Gasteiger partial charge in [-0.05, 0) is 29.8 Å². The van der Waals surface area contributed by atoms with E-state index >= 15 is 0 Å². The topological polar surface area (TPSA) is 50.7 Å². The molecule has 4 nitrogen and oxygen atoms in total. The van der Waals surface area contributed by atoms with Crippen LogP contribution in [0.25, 0.3) is 0 Å². The van der Waals surface area contributed by atoms with Gasteiger partial charge in [-0.25, -0.2) is 5.43 Å². The number of rotatable bonds is 4. The summed E-state index contributed by atoms with van der Waals surface area (Å²) in [5.41, 5.74) is 3.82. The molecule has 1 N–H and O–H groups in total. The number of ether oxygens (including phenoxy) is 1. The van der Waals surface area contributed by atoms with Crippen LogP contribution in [-0.4, -0.2) is 19.2 Å². The molecule has 1 amide bonds. The first-order valence-electron chi connectivity index (χ1n) is 5.92. The lowest BCUT2D eigenvalue weighted by molar-refractivity contribution is 0.0952. The van der Waals surface area contributed by atoms with Crippen LogP contribution in [-0.2, 0) is 0 Å². The van der Waals surface area contributed by atoms with Crippen LogP contribution in [0.5, 0.6) is 5.75 Å². The van der Waals surface area contributed by atoms with Crippen molar-refractivity contribution >= 4 is 28.1 Å². The molecule has 0 aliphatic carbocycles. The SMILES string of the molecule is COc1ccccc1C(=O)N/N=C\c1ccc(Br)cc1. The summed E-state index contributed by atoms with van der Waals surface area (Å²) >= 11 is 3.36. The fourth-order valence-corrected chi connectivity index (χ4v) is 1.87. The number of carbonyl (C=O) groups is 1. The first kappa shape index (κ1) is 14.3. The van der Waals surface area contributed by atoms with Gasteiger partial charge >= 0.3 is 0 Å². The van der Waals surface area contributed by atoms with Crippen LogP contribution in [0.2, 0.25) is 0 Å². The molecule has 0 bridgehead atoms. The van der Waals surface area contributed by atoms with E-state index in [1.807, 2.05) is 24.3 Å². The summed E-state index contributed by atoms with van der Waals surface area (Å²) < 4.78 is 6.12. The highest BCUT2D eigenvalue weighted by molar-refractivity contribution is 9.10. The molecule has 20 heavy (non-hydrogen) atoms. The first-order valence-corrected chi connectivity index (χ1v) is 6.72. The van der Waals surface area contributed by atoms with Crippen LogP contribution >= 0.6 is 15.9 Å². The van der Waals surface area contributed by atoms with E-state index in [9.17, 15) is 4.79 Å². The zero-order chi connectivity index (χ0) is 14.4. The number of para-hydroxylation sites is 1. The average molecular weight is 333 g/mol. The molecule has 2 aromatic carbocycles. The summed E-state index contributed by atoms with van der Waals surface area (Å²) in [5.74, 6) is 0.208. The zero-order valence-electron chi connectivity index (χ0n) is 10.8. The van der Waals surface area contributed by atoms with Gasteiger partial charge in [0.05, 0.1) is 18.9 Å². The normalized spacial score (nSPS) is 10.5. The maximum Gasteiger partial charge on any atom is 0.275 e. The van der Waals surface area contributed by atoms with Crippen LogP contribution < -0.4 is 10.2 Å². The number of hydrogen-bond acceptors (Lipinski definition) is 3. The van der Waals surface area contributed by atoms with E-state index in [2.05, 4.69) is 26.5 Å². The van der Waals surface area contributed by atoms with Crippen molar-refractivity contribution in [2.45, 2.75) is 0 Å². The van der Waals surface area contributed by atoms with Crippen molar-refractivity contribution in [1.29, 1.82) is 0 Å². The Kier molecular flexibility index (Phi) is 4.90. The number of benzene rings is 2. The molecule has 0 aromatic heterocycles. The predicted octanol–water partition coefficient (Wildman–Crippen LogP) is 3.22. The summed E-state index contributed by atoms with van der Waals surface area (Å²) in [6, 6.07) is 14.6. The van der Waals surface area contributed by atoms with Gasteiger partial charge in [-0.3, -0.25) is 4.79 Å². The number of hydrogen-bond donors (Lipinski definition) is 1. The van der Waals surface area contributed by atoms with E-state index in [4.69, 9.17) is 4.74 Å². The van der Waals surface area contributed by atoms with Crippen LogP contribution in [0.4, 0.5) is 0 Å². The Morgan fingerprint density at radius 1 is 1.20 bits per heavy atom. The molecule has 2 rings (SSSR count). The van der Waals surface area contributed by atoms with Crippen molar-refractivity contribution in [3.05, 3.63) is 64.1 Å². The van der Waals surface area contributed by atoms with E-state index < -0.39 is 0 Å². The number of nitrogens with one attached hydrogen (secondary N) is 1. The second-order valence-electron chi connectivity index (χ2n) is 3.95. The molecular formula is C15H13BrN2O2. The van der Waals surface area contributed by atoms with Crippen LogP contribution in [0.1, 0.15) is 15.9 Å². The number of carbonyl (C=O) groups excluding carboxylic acids is 1. The van der Waals surface area contributed by atoms with E-state index in [0.29, 0.717) is 11.3 Å². The molecule has 0 aliphatic heterocycles. The van der Waals surface area contributed by atoms with Gasteiger partial charge in [-0.15, -0.1) is 0 Å². The minimum absolute atomic E-state index is 0.309. The van der Waals surface area contributed by atoms with Gasteiger partial charge < -0.3 is 4.74 Å². The van der Waals surface area contributed by atoms with Crippen molar-refractivity contribution in [3.8, 4) is 5.75 Å². The van der Waals surface area contributed by atoms with Gasteiger partial charge in [0.2, 0.25) is 0 Å². The van der Waals surface area contributed by atoms with Crippen LogP contribution in [0.3, 0.4) is 0 Å². The molecule has 0 radical (unpaired) electrons. The fourth-order valence-electron chi connectivity index (χ4n) is 1.61. The number of hydrazone groups is 1. The Balaban J connectivity index is 2.03. The summed E-state index contributed by atoms with van der Waals surface area (Å²) in [7, 11) is 1.53. The number of halogens is 1. The molecule has 0 unspecified atom stereocenters. The van der Waals surface area contributed by atoms with Gasteiger partial charge in [0.1, 0.15) is 5.75 Å². The quantitative estimate of drug-likeness (QED) is 0.690. The van der Waals surface area contributed by atoms with E-state index in [0.717, 1.165) is 10.0 Å². The van der Waals surface area contributed by atoms with Gasteiger partial charge in [-0.2, -0.15) is 5.10 Å². The van der Waals surface area contributed by atoms with Gasteiger partial charge in [0.15, 0.2) is 0 Å². The Bertz CT molecular complexity index is 624. The third-order valence-corrected chi connectivity index (χ3v) is 3.13. The Hall–Kier alpha value is -2.14. The Labute approximate surface area is 125 Å². The molecule has 0 saturated carbocycles. The third-order valence-electron chi connectivity index (χ3n) is 2.60. The monoisotopic (exact) mass is 332 g/mol. The van der Waals surface area contributed by atoms with E-state index in [1.54, 1.807) is 30.5 Å². The fraction of sp³-hybridized carbons (Fsp3) is 0.0667. The maximum absolute atomic E-state index is 12.0. The third kappa shape index (κ3) is 3.68. The Morgan fingerprint density at radius 3 is 2.60 bits per heavy atom. The lowest BCUT2D eigenvalue weighted by Gasteiger charge is -2.05. The first-order chi connectivity index (χ1) is 9.70. The van der Waals surface area contributed by atoms with Crippen molar-refractivity contribution in [1.82, 2.24) is 5.43 Å². The average Bonchev–Trinajstić information content (AvgIpc) is 2.49. The van der Waals surface area contributed by atoms with Crippen LogP contribution in [0, 0.1) is 0 Å². The summed E-state index contributed by atoms with van der Waals surface area (Å²) in [4.78, 5) is 12.0. The minimum Gasteiger partial charge on any atom is -0.496 e. The molecular weight excluding hydrogens is 320 g/mol. The van der Waals surface area contributed by atoms with Crippen molar-refractivity contribution in [3.63, 3.8) is 0 Å². The van der Waals surface area contributed by atoms with Crippen molar-refractivity contribution in [2.75, 3.05) is 7.11 Å². The maximum atomic E-state index is 12.0. The van der Waals surface area contributed by atoms with Gasteiger partial charge in [0.25, 0.3) is 5.91 Å². The summed E-state index contributed by atoms with van der Waals surface area (Å²) in [5, 5.41) is 3.93. The smallest absolute Gasteiger partial charge is 0.275 e. The minimum atomic E-state index is -0.309. The Morgan fingerprint density at radius 2 is 1.90 bits per heavy atom. The standard InChI is InChI=1S/C15H13BrN2O2/c1-20-14-5-3-2-4-13(14)15(19)18-17-10-11-6-8-12(16)9-7-11/h2-10H,1H3,(H,18,19)/b17-10-. The summed E-state index contributed by atoms with van der Waals surface area (Å²) in [6.07, 6.45) is 1.58. The second kappa shape index (κ2) is 6.86. The second-order valence-corrected chi connectivity index (χ2v) is 4.87. The summed E-state index contributed by atoms with van der Waals surface area (Å²) in [6.45, 7) is 0. The van der Waals surface area contributed by atoms with E-state index in [-0.39, 0.29) is 5.91 Å². The molecule has 0 aliphatic rings. The molecule has 102 valence electrons. The molecule has 0 spiro atoms. The molecule has 0 saturated heterocycles. The predicted molar refractivity (Wildman–Crippen MR) is 82.2 cm³/mol. The highest BCUT2D eigenvalue weighted by Crippen LogP contribution is 2.16. The van der Waals surface area contributed by atoms with Crippen molar-refractivity contribution < 1.29 is 9.53 Å². The largest absolute Gasteiger partial charge is 0.496 e. The van der Waals surface area contributed by atoms with Crippen LogP contribution in [0.15, 0.2) is 58.1 Å². The molecule has 2 aromatic rings. The zero-order valence-corrected chi connectivity index (χ0v) is 12.4.